The molecule has 0 aromatic rings. The average Bonchev–Trinajstić information content (AvgIpc) is 2.62. The molecule has 0 heterocycles. The van der Waals surface area contributed by atoms with Crippen LogP contribution < -0.4 is 0 Å². The van der Waals surface area contributed by atoms with Gasteiger partial charge in [-0.15, -0.1) is 0 Å². The molecule has 0 saturated heterocycles. The lowest BCUT2D eigenvalue weighted by atomic mass is 10.1. The number of carboxylic acid groups (broad SMARTS) is 2. The molecular weight excluding hydrogens is 384 g/mol. The zero-order valence-corrected chi connectivity index (χ0v) is 18.2. The smallest absolute Gasteiger partial charge is 0.478 e. The number of carboxylic acids is 2. The molecule has 12 heteroatoms. The van der Waals surface area contributed by atoms with E-state index < -0.39 is 39.8 Å². The third-order valence-electron chi connectivity index (χ3n) is 4.24. The van der Waals surface area contributed by atoms with Gasteiger partial charge in [-0.2, -0.15) is 0 Å². The van der Waals surface area contributed by atoms with E-state index in [1.165, 1.54) is 42.7 Å². The highest BCUT2D eigenvalue weighted by Crippen LogP contribution is 2.57. The van der Waals surface area contributed by atoms with Gasteiger partial charge < -0.3 is 36.8 Å². The van der Waals surface area contributed by atoms with E-state index in [2.05, 4.69) is 0 Å². The zero-order chi connectivity index (χ0) is 20.6. The second-order valence-electron chi connectivity index (χ2n) is 5.19. The van der Waals surface area contributed by atoms with Crippen molar-refractivity contribution in [3.63, 3.8) is 0 Å². The molecule has 152 valence electrons. The summed E-state index contributed by atoms with van der Waals surface area (Å²) in [5, 5.41) is 19.1. The van der Waals surface area contributed by atoms with E-state index in [1.807, 2.05) is 0 Å². The van der Waals surface area contributed by atoms with Crippen LogP contribution in [0.3, 0.4) is 0 Å². The Morgan fingerprint density at radius 2 is 1.19 bits per heavy atom. The Morgan fingerprint density at radius 3 is 1.38 bits per heavy atom. The van der Waals surface area contributed by atoms with Gasteiger partial charge in [0.1, 0.15) is 4.66 Å². The maximum absolute atomic E-state index is 12.1. The van der Waals surface area contributed by atoms with Gasteiger partial charge in [0.15, 0.2) is 0 Å². The van der Waals surface area contributed by atoms with E-state index in [0.717, 1.165) is 0 Å². The lowest BCUT2D eigenvalue weighted by molar-refractivity contribution is -0.135. The molecule has 0 bridgehead atoms. The zero-order valence-electron chi connectivity index (χ0n) is 16.2. The molecular formula is C14H28O10Si2. The first kappa shape index (κ1) is 24.9. The Morgan fingerprint density at radius 1 is 0.846 bits per heavy atom. The molecule has 2 N–H and O–H groups in total. The van der Waals surface area contributed by atoms with Gasteiger partial charge >= 0.3 is 29.5 Å². The molecule has 0 aromatic heterocycles. The maximum Gasteiger partial charge on any atom is 0.516 e. The van der Waals surface area contributed by atoms with Crippen molar-refractivity contribution in [3.05, 3.63) is 11.6 Å². The van der Waals surface area contributed by atoms with Gasteiger partial charge in [-0.3, -0.25) is 0 Å². The molecule has 0 aromatic carbocycles. The fourth-order valence-corrected chi connectivity index (χ4v) is 11.9. The highest BCUT2D eigenvalue weighted by atomic mass is 28.5. The summed E-state index contributed by atoms with van der Waals surface area (Å²) in [6.45, 7) is 1.79. The van der Waals surface area contributed by atoms with Crippen molar-refractivity contribution in [2.24, 2.45) is 0 Å². The van der Waals surface area contributed by atoms with Crippen molar-refractivity contribution < 1.29 is 46.4 Å². The standard InChI is InChI=1S/C14H28O10Si2/c1-8-9-14(25(19-2,20-3)21-4,26(22-5,23-6)24-7)11(13(17)18)10-12(15)16/h10H,8-9H2,1-7H3,(H,15,16)(H,17,18)/b11-10+. The van der Waals surface area contributed by atoms with Gasteiger partial charge in [0.25, 0.3) is 0 Å². The number of carbonyl (C=O) groups is 2. The van der Waals surface area contributed by atoms with Crippen LogP contribution in [-0.2, 0) is 36.1 Å². The van der Waals surface area contributed by atoms with Crippen LogP contribution in [0.25, 0.3) is 0 Å². The molecule has 0 unspecified atom stereocenters. The summed E-state index contributed by atoms with van der Waals surface area (Å²) in [4.78, 5) is 23.5. The quantitative estimate of drug-likeness (QED) is 0.332. The molecule has 26 heavy (non-hydrogen) atoms. The first-order valence-electron chi connectivity index (χ1n) is 7.67. The second-order valence-corrected chi connectivity index (χ2v) is 12.1. The molecule has 0 atom stereocenters. The molecule has 0 fully saturated rings. The number of hydrogen-bond acceptors (Lipinski definition) is 8. The minimum absolute atomic E-state index is 0.0713. The summed E-state index contributed by atoms with van der Waals surface area (Å²) in [5.74, 6) is -2.95. The van der Waals surface area contributed by atoms with Crippen LogP contribution in [0.5, 0.6) is 0 Å². The summed E-state index contributed by atoms with van der Waals surface area (Å²) in [5.41, 5.74) is -0.527. The van der Waals surface area contributed by atoms with Gasteiger partial charge in [0, 0.05) is 48.7 Å². The van der Waals surface area contributed by atoms with Crippen molar-refractivity contribution in [3.8, 4) is 0 Å². The highest BCUT2D eigenvalue weighted by molar-refractivity contribution is 6.87. The van der Waals surface area contributed by atoms with Crippen LogP contribution in [0, 0.1) is 0 Å². The summed E-state index contributed by atoms with van der Waals surface area (Å²) in [7, 11) is -0.0958. The molecule has 0 radical (unpaired) electrons. The Kier molecular flexibility index (Phi) is 9.83. The van der Waals surface area contributed by atoms with Crippen molar-refractivity contribution in [2.75, 3.05) is 42.7 Å². The van der Waals surface area contributed by atoms with Crippen LogP contribution in [0.2, 0.25) is 4.66 Å². The summed E-state index contributed by atoms with van der Waals surface area (Å²) in [6.07, 6.45) is 1.07. The molecule has 0 aliphatic carbocycles. The van der Waals surface area contributed by atoms with Gasteiger partial charge in [0.05, 0.1) is 5.57 Å². The van der Waals surface area contributed by atoms with Crippen LogP contribution in [0.15, 0.2) is 11.6 Å². The molecule has 0 aliphatic rings. The Labute approximate surface area is 155 Å². The van der Waals surface area contributed by atoms with E-state index in [0.29, 0.717) is 12.5 Å². The van der Waals surface area contributed by atoms with E-state index in [-0.39, 0.29) is 6.42 Å². The number of rotatable bonds is 13. The second kappa shape index (κ2) is 10.3. The van der Waals surface area contributed by atoms with E-state index in [1.54, 1.807) is 6.92 Å². The largest absolute Gasteiger partial charge is 0.516 e. The van der Waals surface area contributed by atoms with Gasteiger partial charge in [-0.05, 0) is 6.42 Å². The number of hydrogen-bond donors (Lipinski definition) is 2. The molecule has 0 rings (SSSR count). The SMILES string of the molecule is CCCC(/C(=C/C(=O)O)C(=O)O)([Si](OC)(OC)OC)[Si](OC)(OC)OC. The van der Waals surface area contributed by atoms with E-state index in [4.69, 9.17) is 26.6 Å². The molecule has 0 aliphatic heterocycles. The number of aliphatic carboxylic acids is 2. The molecule has 0 spiro atoms. The predicted octanol–water partition coefficient (Wildman–Crippen LogP) is 0.918. The first-order valence-corrected chi connectivity index (χ1v) is 11.1. The molecule has 0 saturated carbocycles. The van der Waals surface area contributed by atoms with Gasteiger partial charge in [-0.1, -0.05) is 13.3 Å². The highest BCUT2D eigenvalue weighted by Gasteiger charge is 2.78. The van der Waals surface area contributed by atoms with Gasteiger partial charge in [-0.25, -0.2) is 9.59 Å². The Hall–Kier alpha value is -1.13. The fourth-order valence-electron chi connectivity index (χ4n) is 3.37. The Bertz CT molecular complexity index is 477. The Balaban J connectivity index is 7.42. The van der Waals surface area contributed by atoms with Crippen LogP contribution >= 0.6 is 0 Å². The minimum atomic E-state index is -3.93. The first-order chi connectivity index (χ1) is 12.2. The summed E-state index contributed by atoms with van der Waals surface area (Å²) in [6, 6.07) is 0. The lowest BCUT2D eigenvalue weighted by Crippen LogP contribution is -2.70. The van der Waals surface area contributed by atoms with Crippen molar-refractivity contribution in [2.45, 2.75) is 24.4 Å². The van der Waals surface area contributed by atoms with Crippen LogP contribution in [0.1, 0.15) is 19.8 Å². The van der Waals surface area contributed by atoms with Crippen LogP contribution in [0.4, 0.5) is 0 Å². The third-order valence-corrected chi connectivity index (χ3v) is 12.4. The maximum atomic E-state index is 12.1. The molecule has 0 amide bonds. The molecule has 10 nitrogen and oxygen atoms in total. The van der Waals surface area contributed by atoms with Gasteiger partial charge in [0.2, 0.25) is 0 Å². The predicted molar refractivity (Wildman–Crippen MR) is 94.5 cm³/mol. The van der Waals surface area contributed by atoms with E-state index in [9.17, 15) is 19.8 Å². The van der Waals surface area contributed by atoms with E-state index >= 15 is 0 Å². The van der Waals surface area contributed by atoms with Crippen molar-refractivity contribution >= 4 is 29.5 Å². The van der Waals surface area contributed by atoms with Crippen molar-refractivity contribution in [1.82, 2.24) is 0 Å². The van der Waals surface area contributed by atoms with Crippen molar-refractivity contribution in [1.29, 1.82) is 0 Å². The third kappa shape index (κ3) is 3.91. The normalized spacial score (nSPS) is 13.7. The monoisotopic (exact) mass is 412 g/mol. The fraction of sp³-hybridized carbons (Fsp3) is 0.714. The average molecular weight is 413 g/mol. The minimum Gasteiger partial charge on any atom is -0.478 e. The van der Waals surface area contributed by atoms with Crippen LogP contribution in [-0.4, -0.2) is 82.4 Å². The lowest BCUT2D eigenvalue weighted by Gasteiger charge is -2.49. The summed E-state index contributed by atoms with van der Waals surface area (Å²) < 4.78 is 31.7. The topological polar surface area (TPSA) is 130 Å². The summed E-state index contributed by atoms with van der Waals surface area (Å²) >= 11 is 0.